The average molecular weight is 457 g/mol. The van der Waals surface area contributed by atoms with E-state index in [-0.39, 0.29) is 23.9 Å². The number of hydrogen-bond donors (Lipinski definition) is 1. The van der Waals surface area contributed by atoms with E-state index in [1.165, 1.54) is 28.8 Å². The molecule has 32 heavy (non-hydrogen) atoms. The molecule has 1 N–H and O–H groups in total. The monoisotopic (exact) mass is 456 g/mol. The third-order valence-electron chi connectivity index (χ3n) is 4.78. The van der Waals surface area contributed by atoms with Crippen LogP contribution < -0.4 is 10.1 Å². The van der Waals surface area contributed by atoms with Crippen LogP contribution in [0.1, 0.15) is 25.8 Å². The minimum atomic E-state index is -0.615. The van der Waals surface area contributed by atoms with Crippen LogP contribution in [0.25, 0.3) is 0 Å². The van der Waals surface area contributed by atoms with Crippen molar-refractivity contribution < 1.29 is 19.2 Å². The lowest BCUT2D eigenvalue weighted by molar-refractivity contribution is -0.384. The highest BCUT2D eigenvalue weighted by atomic mass is 32.2. The number of anilines is 1. The van der Waals surface area contributed by atoms with Gasteiger partial charge in [-0.1, -0.05) is 17.8 Å². The van der Waals surface area contributed by atoms with E-state index in [2.05, 4.69) is 10.3 Å². The molecule has 0 spiro atoms. The van der Waals surface area contributed by atoms with Crippen LogP contribution in [0.2, 0.25) is 0 Å². The van der Waals surface area contributed by atoms with Gasteiger partial charge in [0.15, 0.2) is 5.17 Å². The first-order valence-corrected chi connectivity index (χ1v) is 11.0. The minimum absolute atomic E-state index is 0.0137. The molecule has 1 aliphatic heterocycles. The lowest BCUT2D eigenvalue weighted by Crippen LogP contribution is -2.33. The maximum absolute atomic E-state index is 12.8. The lowest BCUT2D eigenvalue weighted by Gasteiger charge is -2.13. The Morgan fingerprint density at radius 2 is 1.97 bits per heavy atom. The predicted molar refractivity (Wildman–Crippen MR) is 125 cm³/mol. The van der Waals surface area contributed by atoms with Crippen LogP contribution in [0.4, 0.5) is 17.1 Å². The molecule has 0 radical (unpaired) electrons. The van der Waals surface area contributed by atoms with Gasteiger partial charge >= 0.3 is 0 Å². The van der Waals surface area contributed by atoms with E-state index in [1.807, 2.05) is 13.8 Å². The number of aliphatic imine (C=N–C) groups is 1. The average Bonchev–Trinajstić information content (AvgIpc) is 3.04. The van der Waals surface area contributed by atoms with Gasteiger partial charge in [-0.2, -0.15) is 0 Å². The van der Waals surface area contributed by atoms with Crippen LogP contribution >= 0.6 is 11.8 Å². The molecule has 168 valence electrons. The molecule has 1 fully saturated rings. The molecule has 1 aliphatic rings. The second kappa shape index (κ2) is 10.3. The molecule has 1 unspecified atom stereocenters. The van der Waals surface area contributed by atoms with E-state index in [0.717, 1.165) is 5.56 Å². The normalized spacial score (nSPS) is 17.0. The molecule has 1 heterocycles. The van der Waals surface area contributed by atoms with Gasteiger partial charge in [0.05, 0.1) is 17.2 Å². The quantitative estimate of drug-likeness (QED) is 0.468. The maximum atomic E-state index is 12.8. The number of nitro groups is 1. The number of aryl methyl sites for hydroxylation is 1. The lowest BCUT2D eigenvalue weighted by atomic mass is 10.2. The predicted octanol–water partition coefficient (Wildman–Crippen LogP) is 4.28. The number of non-ortho nitro benzene ring substituents is 1. The summed E-state index contributed by atoms with van der Waals surface area (Å²) in [7, 11) is 0. The van der Waals surface area contributed by atoms with Gasteiger partial charge in [0.2, 0.25) is 11.8 Å². The van der Waals surface area contributed by atoms with Crippen molar-refractivity contribution in [2.24, 2.45) is 4.99 Å². The van der Waals surface area contributed by atoms with Crippen LogP contribution in [-0.2, 0) is 9.59 Å². The molecule has 10 heteroatoms. The van der Waals surface area contributed by atoms with E-state index in [1.54, 1.807) is 37.3 Å². The highest BCUT2D eigenvalue weighted by Gasteiger charge is 2.38. The Morgan fingerprint density at radius 3 is 2.59 bits per heavy atom. The number of benzene rings is 2. The number of nitrogens with zero attached hydrogens (tertiary/aromatic N) is 3. The number of carbonyl (C=O) groups excluding carboxylic acids is 2. The van der Waals surface area contributed by atoms with Crippen LogP contribution in [-0.4, -0.2) is 45.2 Å². The molecule has 0 aliphatic carbocycles. The number of rotatable bonds is 8. The van der Waals surface area contributed by atoms with E-state index in [9.17, 15) is 19.7 Å². The third-order valence-corrected chi connectivity index (χ3v) is 5.95. The van der Waals surface area contributed by atoms with Crippen LogP contribution in [0.3, 0.4) is 0 Å². The Kier molecular flexibility index (Phi) is 7.47. The number of nitro benzene ring substituents is 1. The molecule has 1 saturated heterocycles. The molecule has 2 amide bonds. The molecule has 0 bridgehead atoms. The van der Waals surface area contributed by atoms with Crippen molar-refractivity contribution in [3.05, 3.63) is 58.1 Å². The van der Waals surface area contributed by atoms with Gasteiger partial charge in [0.25, 0.3) is 5.69 Å². The standard InChI is InChI=1S/C22H24N4O5S/c1-4-25-21(28)19(13-20(27)23-15-7-10-17(11-8-15)31-5-2)32-22(25)24-18-12-16(26(29)30)9-6-14(18)3/h6-12,19H,4-5,13H2,1-3H3,(H,23,27). The van der Waals surface area contributed by atoms with Crippen LogP contribution in [0, 0.1) is 17.0 Å². The van der Waals surface area contributed by atoms with Crippen molar-refractivity contribution in [3.8, 4) is 5.75 Å². The van der Waals surface area contributed by atoms with E-state index < -0.39 is 10.2 Å². The van der Waals surface area contributed by atoms with Crippen molar-refractivity contribution in [3.63, 3.8) is 0 Å². The fourth-order valence-corrected chi connectivity index (χ4v) is 4.35. The number of amides is 2. The van der Waals surface area contributed by atoms with Crippen molar-refractivity contribution in [2.45, 2.75) is 32.4 Å². The third kappa shape index (κ3) is 5.44. The second-order valence-electron chi connectivity index (χ2n) is 7.02. The zero-order valence-electron chi connectivity index (χ0n) is 18.0. The van der Waals surface area contributed by atoms with E-state index in [0.29, 0.717) is 35.4 Å². The summed E-state index contributed by atoms with van der Waals surface area (Å²) in [4.78, 5) is 41.9. The SMILES string of the molecule is CCOc1ccc(NC(=O)CC2SC(=Nc3cc([N+](=O)[O-])ccc3C)N(CC)C2=O)cc1. The zero-order valence-corrected chi connectivity index (χ0v) is 18.8. The van der Waals surface area contributed by atoms with Gasteiger partial charge in [0, 0.05) is 30.8 Å². The summed E-state index contributed by atoms with van der Waals surface area (Å²) in [6, 6.07) is 11.4. The number of hydrogen-bond acceptors (Lipinski definition) is 7. The summed E-state index contributed by atoms with van der Waals surface area (Å²) in [5, 5.41) is 13.7. The Morgan fingerprint density at radius 1 is 1.25 bits per heavy atom. The fourth-order valence-electron chi connectivity index (χ4n) is 3.13. The smallest absolute Gasteiger partial charge is 0.271 e. The number of thioether (sulfide) groups is 1. The molecule has 2 aromatic rings. The first-order valence-electron chi connectivity index (χ1n) is 10.2. The van der Waals surface area contributed by atoms with Crippen molar-refractivity contribution >= 4 is 45.8 Å². The summed E-state index contributed by atoms with van der Waals surface area (Å²) in [5.74, 6) is 0.216. The Bertz CT molecular complexity index is 1050. The molecule has 0 saturated carbocycles. The first-order chi connectivity index (χ1) is 15.3. The molecule has 2 aromatic carbocycles. The van der Waals surface area contributed by atoms with E-state index in [4.69, 9.17) is 4.74 Å². The van der Waals surface area contributed by atoms with Gasteiger partial charge in [0.1, 0.15) is 11.0 Å². The Labute approximate surface area is 190 Å². The number of nitrogens with one attached hydrogen (secondary N) is 1. The van der Waals surface area contributed by atoms with Gasteiger partial charge in [-0.05, 0) is 50.6 Å². The highest BCUT2D eigenvalue weighted by Crippen LogP contribution is 2.33. The number of amidine groups is 1. The van der Waals surface area contributed by atoms with Gasteiger partial charge in [-0.15, -0.1) is 0 Å². The van der Waals surface area contributed by atoms with Crippen LogP contribution in [0.5, 0.6) is 5.75 Å². The highest BCUT2D eigenvalue weighted by molar-refractivity contribution is 8.15. The van der Waals surface area contributed by atoms with Crippen molar-refractivity contribution in [2.75, 3.05) is 18.5 Å². The van der Waals surface area contributed by atoms with Crippen LogP contribution in [0.15, 0.2) is 47.5 Å². The Balaban J connectivity index is 1.72. The molecule has 0 aromatic heterocycles. The molecule has 1 atom stereocenters. The topological polar surface area (TPSA) is 114 Å². The van der Waals surface area contributed by atoms with Crippen molar-refractivity contribution in [1.82, 2.24) is 4.90 Å². The Hall–Kier alpha value is -3.40. The van der Waals surface area contributed by atoms with Gasteiger partial charge in [-0.25, -0.2) is 4.99 Å². The maximum Gasteiger partial charge on any atom is 0.271 e. The molecular formula is C22H24N4O5S. The number of carbonyl (C=O) groups is 2. The molecule has 3 rings (SSSR count). The van der Waals surface area contributed by atoms with Gasteiger partial charge < -0.3 is 10.1 Å². The fraction of sp³-hybridized carbons (Fsp3) is 0.318. The first kappa shape index (κ1) is 23.3. The minimum Gasteiger partial charge on any atom is -0.494 e. The summed E-state index contributed by atoms with van der Waals surface area (Å²) < 4.78 is 5.38. The number of ether oxygens (including phenoxy) is 1. The summed E-state index contributed by atoms with van der Waals surface area (Å²) in [5.41, 5.74) is 1.72. The summed E-state index contributed by atoms with van der Waals surface area (Å²) >= 11 is 1.19. The molecular weight excluding hydrogens is 432 g/mol. The zero-order chi connectivity index (χ0) is 23.3. The summed E-state index contributed by atoms with van der Waals surface area (Å²) in [6.07, 6.45) is -0.0137. The summed E-state index contributed by atoms with van der Waals surface area (Å²) in [6.45, 7) is 6.44. The largest absolute Gasteiger partial charge is 0.494 e. The second-order valence-corrected chi connectivity index (χ2v) is 8.19. The van der Waals surface area contributed by atoms with Gasteiger partial charge in [-0.3, -0.25) is 24.6 Å². The van der Waals surface area contributed by atoms with E-state index >= 15 is 0 Å². The van der Waals surface area contributed by atoms with Crippen molar-refractivity contribution in [1.29, 1.82) is 0 Å². The molecule has 9 nitrogen and oxygen atoms in total.